The molecule has 0 saturated heterocycles. The zero-order valence-electron chi connectivity index (χ0n) is 10.7. The van der Waals surface area contributed by atoms with E-state index in [1.54, 1.807) is 0 Å². The van der Waals surface area contributed by atoms with E-state index in [1.807, 2.05) is 0 Å². The first kappa shape index (κ1) is 15.9. The molecule has 1 heterocycles. The van der Waals surface area contributed by atoms with Crippen molar-refractivity contribution in [2.24, 2.45) is 0 Å². The predicted molar refractivity (Wildman–Crippen MR) is 78.6 cm³/mol. The minimum atomic E-state index is -1.17. The van der Waals surface area contributed by atoms with E-state index in [1.165, 1.54) is 16.9 Å². The van der Waals surface area contributed by atoms with Gasteiger partial charge in [-0.3, -0.25) is 0 Å². The highest BCUT2D eigenvalue weighted by Gasteiger charge is 2.19. The fourth-order valence-corrected chi connectivity index (χ4v) is 2.93. The van der Waals surface area contributed by atoms with Crippen molar-refractivity contribution in [3.05, 3.63) is 44.9 Å². The van der Waals surface area contributed by atoms with E-state index in [0.29, 0.717) is 28.6 Å². The number of benzene rings is 1. The quantitative estimate of drug-likeness (QED) is 0.840. The predicted octanol–water partition coefficient (Wildman–Crippen LogP) is 3.05. The molecule has 0 fully saturated rings. The second-order valence-corrected chi connectivity index (χ2v) is 5.56. The van der Waals surface area contributed by atoms with Gasteiger partial charge in [-0.25, -0.2) is 13.9 Å². The number of aliphatic hydroxyl groups is 1. The molecule has 0 saturated carbocycles. The highest BCUT2D eigenvalue weighted by molar-refractivity contribution is 9.10. The van der Waals surface area contributed by atoms with Gasteiger partial charge in [0.05, 0.1) is 10.7 Å². The van der Waals surface area contributed by atoms with Crippen LogP contribution in [0, 0.1) is 5.82 Å². The molecule has 2 aromatic rings. The highest BCUT2D eigenvalue weighted by atomic mass is 79.9. The van der Waals surface area contributed by atoms with Crippen LogP contribution in [0.1, 0.15) is 22.5 Å². The summed E-state index contributed by atoms with van der Waals surface area (Å²) in [5.74, 6) is -1.68. The molecule has 0 aliphatic heterocycles. The van der Waals surface area contributed by atoms with E-state index in [9.17, 15) is 9.18 Å². The maximum Gasteiger partial charge on any atom is 0.356 e. The largest absolute Gasteiger partial charge is 0.476 e. The molecule has 0 amide bonds. The Morgan fingerprint density at radius 3 is 2.76 bits per heavy atom. The maximum atomic E-state index is 13.2. The SMILES string of the molecule is O=C(O)c1nn(-c2c(Cl)cc(F)cc2Br)cc1CCCO. The lowest BCUT2D eigenvalue weighted by Gasteiger charge is -2.07. The summed E-state index contributed by atoms with van der Waals surface area (Å²) < 4.78 is 14.9. The molecule has 0 unspecified atom stereocenters. The first-order chi connectivity index (χ1) is 9.93. The van der Waals surface area contributed by atoms with Gasteiger partial charge in [0.25, 0.3) is 0 Å². The number of carboxylic acid groups (broad SMARTS) is 1. The molecule has 0 atom stereocenters. The first-order valence-corrected chi connectivity index (χ1v) is 7.18. The van der Waals surface area contributed by atoms with Crippen LogP contribution in [-0.4, -0.2) is 32.6 Å². The number of aromatic carboxylic acids is 1. The average Bonchev–Trinajstić information content (AvgIpc) is 2.79. The van der Waals surface area contributed by atoms with Crippen LogP contribution < -0.4 is 0 Å². The van der Waals surface area contributed by atoms with Gasteiger partial charge in [0, 0.05) is 22.8 Å². The average molecular weight is 378 g/mol. The molecule has 112 valence electrons. The van der Waals surface area contributed by atoms with Crippen LogP contribution in [0.25, 0.3) is 5.69 Å². The van der Waals surface area contributed by atoms with Crippen molar-refractivity contribution in [1.29, 1.82) is 0 Å². The van der Waals surface area contributed by atoms with Crippen LogP contribution in [0.2, 0.25) is 5.02 Å². The summed E-state index contributed by atoms with van der Waals surface area (Å²) >= 11 is 9.18. The Balaban J connectivity index is 2.52. The molecule has 21 heavy (non-hydrogen) atoms. The Morgan fingerprint density at radius 2 is 2.19 bits per heavy atom. The molecule has 1 aromatic heterocycles. The van der Waals surface area contributed by atoms with Gasteiger partial charge in [-0.05, 0) is 40.9 Å². The lowest BCUT2D eigenvalue weighted by Crippen LogP contribution is -2.04. The smallest absolute Gasteiger partial charge is 0.356 e. The molecule has 0 aliphatic rings. The Hall–Kier alpha value is -1.44. The van der Waals surface area contributed by atoms with Gasteiger partial charge >= 0.3 is 5.97 Å². The minimum Gasteiger partial charge on any atom is -0.476 e. The molecule has 1 aromatic carbocycles. The molecular weight excluding hydrogens is 367 g/mol. The van der Waals surface area contributed by atoms with Gasteiger partial charge in [-0.1, -0.05) is 11.6 Å². The van der Waals surface area contributed by atoms with Gasteiger partial charge in [-0.15, -0.1) is 0 Å². The van der Waals surface area contributed by atoms with E-state index >= 15 is 0 Å². The lowest BCUT2D eigenvalue weighted by atomic mass is 10.1. The van der Waals surface area contributed by atoms with E-state index in [-0.39, 0.29) is 17.3 Å². The fraction of sp³-hybridized carbons (Fsp3) is 0.231. The molecular formula is C13H11BrClFN2O3. The monoisotopic (exact) mass is 376 g/mol. The van der Waals surface area contributed by atoms with Gasteiger partial charge in [0.2, 0.25) is 0 Å². The summed E-state index contributed by atoms with van der Waals surface area (Å²) in [6.45, 7) is -0.0504. The maximum absolute atomic E-state index is 13.2. The first-order valence-electron chi connectivity index (χ1n) is 6.01. The van der Waals surface area contributed by atoms with Crippen LogP contribution in [0.5, 0.6) is 0 Å². The third kappa shape index (κ3) is 3.42. The number of halogens is 3. The molecule has 0 bridgehead atoms. The lowest BCUT2D eigenvalue weighted by molar-refractivity contribution is 0.0688. The van der Waals surface area contributed by atoms with E-state index in [2.05, 4.69) is 21.0 Å². The molecule has 0 spiro atoms. The summed E-state index contributed by atoms with van der Waals surface area (Å²) in [5, 5.41) is 22.1. The normalized spacial score (nSPS) is 10.9. The van der Waals surface area contributed by atoms with Crippen LogP contribution in [0.4, 0.5) is 4.39 Å². The molecule has 2 rings (SSSR count). The van der Waals surface area contributed by atoms with Crippen LogP contribution in [0.3, 0.4) is 0 Å². The van der Waals surface area contributed by atoms with E-state index in [0.717, 1.165) is 6.07 Å². The summed E-state index contributed by atoms with van der Waals surface area (Å²) in [4.78, 5) is 11.2. The third-order valence-corrected chi connectivity index (χ3v) is 3.70. The van der Waals surface area contributed by atoms with Crippen molar-refractivity contribution >= 4 is 33.5 Å². The fourth-order valence-electron chi connectivity index (χ4n) is 1.91. The minimum absolute atomic E-state index is 0.0504. The number of nitrogens with zero attached hydrogens (tertiary/aromatic N) is 2. The van der Waals surface area contributed by atoms with Crippen molar-refractivity contribution in [2.75, 3.05) is 6.61 Å². The number of hydrogen-bond donors (Lipinski definition) is 2. The van der Waals surface area contributed by atoms with Crippen molar-refractivity contribution in [2.45, 2.75) is 12.8 Å². The van der Waals surface area contributed by atoms with Gasteiger partial charge in [0.1, 0.15) is 5.82 Å². The van der Waals surface area contributed by atoms with Crippen molar-refractivity contribution in [3.8, 4) is 5.69 Å². The number of hydrogen-bond acceptors (Lipinski definition) is 3. The van der Waals surface area contributed by atoms with Crippen molar-refractivity contribution in [1.82, 2.24) is 9.78 Å². The standard InChI is InChI=1S/C13H11BrClFN2O3/c14-9-4-8(16)5-10(15)12(9)18-6-7(2-1-3-19)11(17-18)13(20)21/h4-6,19H,1-3H2,(H,20,21). The topological polar surface area (TPSA) is 75.3 Å². The number of carboxylic acids is 1. The van der Waals surface area contributed by atoms with Crippen LogP contribution in [-0.2, 0) is 6.42 Å². The summed E-state index contributed by atoms with van der Waals surface area (Å²) in [6.07, 6.45) is 2.31. The van der Waals surface area contributed by atoms with Gasteiger partial charge in [0.15, 0.2) is 5.69 Å². The van der Waals surface area contributed by atoms with E-state index < -0.39 is 11.8 Å². The molecule has 8 heteroatoms. The number of aromatic nitrogens is 2. The summed E-state index contributed by atoms with van der Waals surface area (Å²) in [7, 11) is 0. The van der Waals surface area contributed by atoms with Crippen molar-refractivity contribution in [3.63, 3.8) is 0 Å². The molecule has 0 radical (unpaired) electrons. The number of carbonyl (C=O) groups is 1. The number of aliphatic hydroxyl groups excluding tert-OH is 1. The Kier molecular flexibility index (Phi) is 4.97. The summed E-state index contributed by atoms with van der Waals surface area (Å²) in [5.41, 5.74) is 0.718. The second kappa shape index (κ2) is 6.55. The zero-order valence-corrected chi connectivity index (χ0v) is 13.0. The van der Waals surface area contributed by atoms with E-state index in [4.69, 9.17) is 21.8 Å². The van der Waals surface area contributed by atoms with Crippen LogP contribution in [0.15, 0.2) is 22.8 Å². The Morgan fingerprint density at radius 1 is 1.48 bits per heavy atom. The Bertz CT molecular complexity index is 667. The highest BCUT2D eigenvalue weighted by Crippen LogP contribution is 2.30. The Labute approximate surface area is 133 Å². The van der Waals surface area contributed by atoms with Crippen LogP contribution >= 0.6 is 27.5 Å². The molecule has 2 N–H and O–H groups in total. The van der Waals surface area contributed by atoms with Crippen molar-refractivity contribution < 1.29 is 19.4 Å². The third-order valence-electron chi connectivity index (χ3n) is 2.81. The number of aryl methyl sites for hydroxylation is 1. The second-order valence-electron chi connectivity index (χ2n) is 4.30. The molecule has 0 aliphatic carbocycles. The number of rotatable bonds is 5. The molecule has 5 nitrogen and oxygen atoms in total. The zero-order chi connectivity index (χ0) is 15.6. The van der Waals surface area contributed by atoms with Gasteiger partial charge < -0.3 is 10.2 Å². The summed E-state index contributed by atoms with van der Waals surface area (Å²) in [6, 6.07) is 2.34. The van der Waals surface area contributed by atoms with Gasteiger partial charge in [-0.2, -0.15) is 5.10 Å².